The van der Waals surface area contributed by atoms with Crippen LogP contribution in [0.2, 0.25) is 0 Å². The van der Waals surface area contributed by atoms with Crippen molar-refractivity contribution in [3.63, 3.8) is 0 Å². The topological polar surface area (TPSA) is 50.4 Å². The summed E-state index contributed by atoms with van der Waals surface area (Å²) >= 11 is 0. The molecule has 3 rings (SSSR count). The van der Waals surface area contributed by atoms with Gasteiger partial charge in [-0.15, -0.1) is 0 Å². The molecule has 1 saturated heterocycles. The summed E-state index contributed by atoms with van der Waals surface area (Å²) in [6.45, 7) is 2.73. The van der Waals surface area contributed by atoms with Crippen LogP contribution in [0.1, 0.15) is 12.0 Å². The van der Waals surface area contributed by atoms with Gasteiger partial charge in [-0.3, -0.25) is 4.79 Å². The Morgan fingerprint density at radius 2 is 2.10 bits per heavy atom. The zero-order chi connectivity index (χ0) is 14.5. The molecule has 1 fully saturated rings. The predicted molar refractivity (Wildman–Crippen MR) is 83.0 cm³/mol. The van der Waals surface area contributed by atoms with Crippen LogP contribution in [0.5, 0.6) is 0 Å². The Bertz CT molecular complexity index is 621. The third kappa shape index (κ3) is 3.80. The molecule has 21 heavy (non-hydrogen) atoms. The van der Waals surface area contributed by atoms with Crippen LogP contribution in [-0.4, -0.2) is 31.7 Å². The molecule has 4 heteroatoms. The molecule has 0 aromatic heterocycles. The molecule has 0 spiro atoms. The number of nitrogens with one attached hydrogen (secondary N) is 2. The second-order valence-electron chi connectivity index (χ2n) is 5.39. The first-order valence-corrected chi connectivity index (χ1v) is 7.37. The lowest BCUT2D eigenvalue weighted by Crippen LogP contribution is -2.44. The van der Waals surface area contributed by atoms with E-state index in [1.165, 1.54) is 10.8 Å². The number of fused-ring (bicyclic) bond motifs is 1. The van der Waals surface area contributed by atoms with Gasteiger partial charge in [0.1, 0.15) is 0 Å². The molecular weight excluding hydrogens is 264 g/mol. The summed E-state index contributed by atoms with van der Waals surface area (Å²) in [6.07, 6.45) is 0.466. The quantitative estimate of drug-likeness (QED) is 0.900. The minimum atomic E-state index is 0.0613. The van der Waals surface area contributed by atoms with Gasteiger partial charge in [0.25, 0.3) is 0 Å². The van der Waals surface area contributed by atoms with E-state index in [2.05, 4.69) is 41.0 Å². The van der Waals surface area contributed by atoms with Gasteiger partial charge in [0.2, 0.25) is 5.91 Å². The standard InChI is InChI=1S/C17H20N2O2/c20-17(10-16-12-21-8-7-18-16)19-11-13-5-6-14-3-1-2-4-15(14)9-13/h1-6,9,16,18H,7-8,10-12H2,(H,19,20). The number of amides is 1. The Kier molecular flexibility index (Phi) is 4.48. The Morgan fingerprint density at radius 1 is 1.24 bits per heavy atom. The molecule has 1 atom stereocenters. The summed E-state index contributed by atoms with van der Waals surface area (Å²) in [5.41, 5.74) is 1.12. The van der Waals surface area contributed by atoms with Crippen molar-refractivity contribution in [2.24, 2.45) is 0 Å². The Labute approximate surface area is 124 Å². The number of hydrogen-bond donors (Lipinski definition) is 2. The van der Waals surface area contributed by atoms with Gasteiger partial charge in [0.15, 0.2) is 0 Å². The number of ether oxygens (including phenoxy) is 1. The molecule has 0 bridgehead atoms. The number of carbonyl (C=O) groups is 1. The van der Waals surface area contributed by atoms with Gasteiger partial charge in [-0.1, -0.05) is 36.4 Å². The highest BCUT2D eigenvalue weighted by Crippen LogP contribution is 2.15. The van der Waals surface area contributed by atoms with Gasteiger partial charge in [-0.25, -0.2) is 0 Å². The summed E-state index contributed by atoms with van der Waals surface area (Å²) in [4.78, 5) is 11.9. The molecule has 0 saturated carbocycles. The van der Waals surface area contributed by atoms with E-state index >= 15 is 0 Å². The van der Waals surface area contributed by atoms with Crippen LogP contribution in [0.3, 0.4) is 0 Å². The predicted octanol–water partition coefficient (Wildman–Crippen LogP) is 1.83. The Hall–Kier alpha value is -1.91. The highest BCUT2D eigenvalue weighted by molar-refractivity contribution is 5.83. The molecular formula is C17H20N2O2. The fraction of sp³-hybridized carbons (Fsp3) is 0.353. The van der Waals surface area contributed by atoms with E-state index in [4.69, 9.17) is 4.74 Å². The van der Waals surface area contributed by atoms with Crippen LogP contribution in [0.4, 0.5) is 0 Å². The van der Waals surface area contributed by atoms with Crippen molar-refractivity contribution in [3.05, 3.63) is 48.0 Å². The lowest BCUT2D eigenvalue weighted by atomic mass is 10.1. The Balaban J connectivity index is 1.54. The summed E-state index contributed by atoms with van der Waals surface area (Å²) in [5.74, 6) is 0.0613. The molecule has 4 nitrogen and oxygen atoms in total. The van der Waals surface area contributed by atoms with Crippen LogP contribution in [-0.2, 0) is 16.1 Å². The van der Waals surface area contributed by atoms with Crippen molar-refractivity contribution in [2.75, 3.05) is 19.8 Å². The molecule has 0 aliphatic carbocycles. The molecule has 0 radical (unpaired) electrons. The molecule has 1 heterocycles. The van der Waals surface area contributed by atoms with E-state index in [9.17, 15) is 4.79 Å². The number of morpholine rings is 1. The summed E-state index contributed by atoms with van der Waals surface area (Å²) in [5, 5.41) is 8.68. The first-order valence-electron chi connectivity index (χ1n) is 7.37. The minimum Gasteiger partial charge on any atom is -0.378 e. The molecule has 2 N–H and O–H groups in total. The first-order chi connectivity index (χ1) is 10.3. The van der Waals surface area contributed by atoms with Gasteiger partial charge < -0.3 is 15.4 Å². The second kappa shape index (κ2) is 6.70. The highest BCUT2D eigenvalue weighted by atomic mass is 16.5. The lowest BCUT2D eigenvalue weighted by molar-refractivity contribution is -0.122. The van der Waals surface area contributed by atoms with E-state index in [-0.39, 0.29) is 11.9 Å². The zero-order valence-corrected chi connectivity index (χ0v) is 12.0. The molecule has 110 valence electrons. The molecule has 1 unspecified atom stereocenters. The molecule has 2 aromatic rings. The Morgan fingerprint density at radius 3 is 2.90 bits per heavy atom. The van der Waals surface area contributed by atoms with Gasteiger partial charge >= 0.3 is 0 Å². The normalized spacial score (nSPS) is 18.6. The van der Waals surface area contributed by atoms with Crippen LogP contribution in [0, 0.1) is 0 Å². The van der Waals surface area contributed by atoms with Crippen molar-refractivity contribution >= 4 is 16.7 Å². The van der Waals surface area contributed by atoms with E-state index in [0.717, 1.165) is 18.7 Å². The van der Waals surface area contributed by atoms with Crippen molar-refractivity contribution in [3.8, 4) is 0 Å². The van der Waals surface area contributed by atoms with Crippen LogP contribution < -0.4 is 10.6 Å². The minimum absolute atomic E-state index is 0.0613. The van der Waals surface area contributed by atoms with Crippen molar-refractivity contribution < 1.29 is 9.53 Å². The smallest absolute Gasteiger partial charge is 0.221 e. The van der Waals surface area contributed by atoms with Crippen LogP contribution in [0.25, 0.3) is 10.8 Å². The number of rotatable bonds is 4. The monoisotopic (exact) mass is 284 g/mol. The average Bonchev–Trinajstić information content (AvgIpc) is 2.54. The van der Waals surface area contributed by atoms with Gasteiger partial charge in [0.05, 0.1) is 13.2 Å². The van der Waals surface area contributed by atoms with Crippen LogP contribution >= 0.6 is 0 Å². The maximum absolute atomic E-state index is 11.9. The lowest BCUT2D eigenvalue weighted by Gasteiger charge is -2.23. The third-order valence-corrected chi connectivity index (χ3v) is 3.73. The molecule has 1 amide bonds. The van der Waals surface area contributed by atoms with E-state index in [1.807, 2.05) is 12.1 Å². The largest absolute Gasteiger partial charge is 0.378 e. The van der Waals surface area contributed by atoms with Gasteiger partial charge in [0, 0.05) is 25.6 Å². The average molecular weight is 284 g/mol. The fourth-order valence-electron chi connectivity index (χ4n) is 2.60. The van der Waals surface area contributed by atoms with Gasteiger partial charge in [-0.05, 0) is 22.4 Å². The maximum atomic E-state index is 11.9. The van der Waals surface area contributed by atoms with E-state index in [0.29, 0.717) is 19.6 Å². The van der Waals surface area contributed by atoms with Crippen molar-refractivity contribution in [1.82, 2.24) is 10.6 Å². The number of benzene rings is 2. The van der Waals surface area contributed by atoms with E-state index < -0.39 is 0 Å². The van der Waals surface area contributed by atoms with Crippen molar-refractivity contribution in [1.29, 1.82) is 0 Å². The van der Waals surface area contributed by atoms with Crippen molar-refractivity contribution in [2.45, 2.75) is 19.0 Å². The highest BCUT2D eigenvalue weighted by Gasteiger charge is 2.16. The number of carbonyl (C=O) groups excluding carboxylic acids is 1. The maximum Gasteiger partial charge on any atom is 0.221 e. The second-order valence-corrected chi connectivity index (χ2v) is 5.39. The van der Waals surface area contributed by atoms with Gasteiger partial charge in [-0.2, -0.15) is 0 Å². The summed E-state index contributed by atoms with van der Waals surface area (Å²) < 4.78 is 5.35. The molecule has 1 aliphatic rings. The zero-order valence-electron chi connectivity index (χ0n) is 12.0. The fourth-order valence-corrected chi connectivity index (χ4v) is 2.60. The molecule has 2 aromatic carbocycles. The summed E-state index contributed by atoms with van der Waals surface area (Å²) in [7, 11) is 0. The SMILES string of the molecule is O=C(CC1COCCN1)NCc1ccc2ccccc2c1. The number of hydrogen-bond acceptors (Lipinski definition) is 3. The summed E-state index contributed by atoms with van der Waals surface area (Å²) in [6, 6.07) is 14.6. The molecule has 1 aliphatic heterocycles. The van der Waals surface area contributed by atoms with E-state index in [1.54, 1.807) is 0 Å². The van der Waals surface area contributed by atoms with Crippen LogP contribution in [0.15, 0.2) is 42.5 Å². The third-order valence-electron chi connectivity index (χ3n) is 3.73. The first kappa shape index (κ1) is 14.0.